The number of pyridine rings is 2. The fourth-order valence-electron chi connectivity index (χ4n) is 12.3. The number of hydrogen-bond donors (Lipinski definition) is 2. The van der Waals surface area contributed by atoms with Gasteiger partial charge in [0.05, 0.1) is 16.7 Å². The number of aromatic nitrogens is 5. The van der Waals surface area contributed by atoms with E-state index in [2.05, 4.69) is 55.1 Å². The molecule has 3 aliphatic heterocycles. The maximum Gasteiger partial charge on any atom is 0.329 e. The first-order valence-corrected chi connectivity index (χ1v) is 25.3. The highest BCUT2D eigenvalue weighted by Crippen LogP contribution is 2.39. The van der Waals surface area contributed by atoms with Gasteiger partial charge >= 0.3 is 5.69 Å². The molecule has 4 aliphatic rings. The van der Waals surface area contributed by atoms with Gasteiger partial charge in [-0.25, -0.2) is 14.2 Å². The smallest absolute Gasteiger partial charge is 0.329 e. The van der Waals surface area contributed by atoms with Crippen molar-refractivity contribution in [1.82, 2.24) is 43.3 Å². The number of anilines is 1. The average Bonchev–Trinajstić information content (AvgIpc) is 3.84. The van der Waals surface area contributed by atoms with Crippen LogP contribution in [-0.2, 0) is 30.2 Å². The molecule has 15 nitrogen and oxygen atoms in total. The highest BCUT2D eigenvalue weighted by atomic mass is 19.1. The van der Waals surface area contributed by atoms with Crippen LogP contribution < -0.4 is 21.9 Å². The number of halogens is 1. The molecule has 3 amide bonds. The summed E-state index contributed by atoms with van der Waals surface area (Å²) < 4.78 is 23.0. The van der Waals surface area contributed by atoms with Crippen LogP contribution in [0.3, 0.4) is 0 Å². The molecule has 372 valence electrons. The Morgan fingerprint density at radius 2 is 1.65 bits per heavy atom. The number of rotatable bonds is 11. The van der Waals surface area contributed by atoms with Crippen molar-refractivity contribution in [2.24, 2.45) is 25.9 Å². The van der Waals surface area contributed by atoms with Gasteiger partial charge in [-0.3, -0.25) is 48.0 Å². The Bertz CT molecular complexity index is 3200. The second-order valence-corrected chi connectivity index (χ2v) is 20.5. The Kier molecular flexibility index (Phi) is 13.2. The van der Waals surface area contributed by atoms with Crippen molar-refractivity contribution in [3.8, 4) is 5.69 Å². The Morgan fingerprint density at radius 1 is 0.887 bits per heavy atom. The largest absolute Gasteiger partial charge is 0.388 e. The van der Waals surface area contributed by atoms with Crippen LogP contribution in [0.5, 0.6) is 0 Å². The van der Waals surface area contributed by atoms with Crippen LogP contribution in [0.15, 0.2) is 82.7 Å². The lowest BCUT2D eigenvalue weighted by molar-refractivity contribution is -0.135. The molecule has 0 bridgehead atoms. The Hall–Kier alpha value is -6.65. The fourth-order valence-corrected chi connectivity index (χ4v) is 12.3. The number of likely N-dealkylation sites (tertiary alicyclic amines) is 1. The van der Waals surface area contributed by atoms with Gasteiger partial charge in [0.25, 0.3) is 11.5 Å². The summed E-state index contributed by atoms with van der Waals surface area (Å²) in [5.41, 5.74) is 8.32. The number of carbonyl (C=O) groups is 3. The van der Waals surface area contributed by atoms with Crippen molar-refractivity contribution in [2.45, 2.75) is 96.3 Å². The van der Waals surface area contributed by atoms with Gasteiger partial charge < -0.3 is 14.8 Å². The number of carbonyl (C=O) groups excluding carboxylic acids is 3. The van der Waals surface area contributed by atoms with E-state index in [1.165, 1.54) is 10.6 Å². The molecule has 0 spiro atoms. The third-order valence-corrected chi connectivity index (χ3v) is 16.5. The Labute approximate surface area is 412 Å². The van der Waals surface area contributed by atoms with E-state index in [9.17, 15) is 24.0 Å². The fraction of sp³-hybridized carbons (Fsp3) is 0.455. The molecule has 2 N–H and O–H groups in total. The third-order valence-electron chi connectivity index (χ3n) is 16.5. The van der Waals surface area contributed by atoms with Crippen molar-refractivity contribution in [3.63, 3.8) is 0 Å². The molecule has 16 heteroatoms. The number of aryl methyl sites for hydroxylation is 3. The van der Waals surface area contributed by atoms with Gasteiger partial charge in [0, 0.05) is 113 Å². The second kappa shape index (κ2) is 19.5. The van der Waals surface area contributed by atoms with Crippen molar-refractivity contribution in [2.75, 3.05) is 45.6 Å². The summed E-state index contributed by atoms with van der Waals surface area (Å²) in [6.07, 6.45) is 13.1. The first-order valence-electron chi connectivity index (χ1n) is 25.3. The van der Waals surface area contributed by atoms with E-state index in [1.807, 2.05) is 56.3 Å². The number of imide groups is 1. The van der Waals surface area contributed by atoms with E-state index in [0.717, 1.165) is 115 Å². The molecular weight excluding hydrogens is 900 g/mol. The topological polar surface area (TPSA) is 152 Å². The van der Waals surface area contributed by atoms with E-state index < -0.39 is 11.9 Å². The normalized spacial score (nSPS) is 21.1. The molecule has 4 aromatic heterocycles. The van der Waals surface area contributed by atoms with Crippen LogP contribution in [0.4, 0.5) is 10.1 Å². The van der Waals surface area contributed by atoms with E-state index in [-0.39, 0.29) is 47.4 Å². The highest BCUT2D eigenvalue weighted by molar-refractivity contribution is 6.00. The molecule has 0 radical (unpaired) electrons. The van der Waals surface area contributed by atoms with Gasteiger partial charge in [-0.2, -0.15) is 0 Å². The van der Waals surface area contributed by atoms with Gasteiger partial charge in [-0.15, -0.1) is 0 Å². The van der Waals surface area contributed by atoms with E-state index in [0.29, 0.717) is 47.9 Å². The molecule has 2 saturated heterocycles. The zero-order valence-corrected chi connectivity index (χ0v) is 41.7. The number of nitrogens with one attached hydrogen (secondary N) is 2. The van der Waals surface area contributed by atoms with E-state index in [1.54, 1.807) is 41.7 Å². The predicted molar refractivity (Wildman–Crippen MR) is 274 cm³/mol. The van der Waals surface area contributed by atoms with E-state index >= 15 is 4.39 Å². The molecule has 1 unspecified atom stereocenters. The molecule has 1 saturated carbocycles. The number of imidazole rings is 1. The lowest BCUT2D eigenvalue weighted by atomic mass is 9.74. The van der Waals surface area contributed by atoms with Crippen molar-refractivity contribution < 1.29 is 18.8 Å². The average molecular weight is 965 g/mol. The molecule has 1 aliphatic carbocycles. The van der Waals surface area contributed by atoms with Crippen molar-refractivity contribution >= 4 is 51.0 Å². The van der Waals surface area contributed by atoms with Gasteiger partial charge in [0.15, 0.2) is 0 Å². The van der Waals surface area contributed by atoms with Crippen LogP contribution in [0.25, 0.3) is 33.3 Å². The lowest BCUT2D eigenvalue weighted by Crippen LogP contribution is -2.44. The maximum atomic E-state index is 16.2. The SMILES string of the molecule is CNc1ccn(-c2ccnc3c2cc([C@H](C)N2CC=C(c4c(C)cc(C(=O)N(C)C5CCC(C6CCN(Cc7ccc8c(c7)n(C)c(=O)n8C7CCC(=O)NC7=O)CC6)CC5)cc4F)CC2)n3C)c(=O)c1. The third kappa shape index (κ3) is 9.05. The highest BCUT2D eigenvalue weighted by Gasteiger charge is 2.35. The molecule has 2 atom stereocenters. The van der Waals surface area contributed by atoms with E-state index in [4.69, 9.17) is 0 Å². The standard InChI is InChI=1S/C55H65FN10O5/c1-33-27-39(29-43(56)51(33)38-18-24-64(25-19-38)34(2)47-31-42-44(15-21-58-52(42)61(47)5)65-26-20-40(57-3)30-50(65)68)54(70)60(4)41-10-8-36(9-11-41)37-16-22-63(23-17-37)32-35-7-12-45-48(28-35)62(6)55(71)66(45)46-13-14-49(67)59-53(46)69/h7,12,15,18,20-21,26-31,34,36-37,41,46,57H,8-11,13-14,16-17,19,22-25,32H2,1-6H3,(H,59,67,69)/t34-,36?,41?,46?/m0/s1. The summed E-state index contributed by atoms with van der Waals surface area (Å²) in [5, 5.41) is 6.30. The number of hydrogen-bond acceptors (Lipinski definition) is 9. The summed E-state index contributed by atoms with van der Waals surface area (Å²) in [5.74, 6) is 0.0302. The van der Waals surface area contributed by atoms with Gasteiger partial charge in [-0.05, 0) is 149 Å². The summed E-state index contributed by atoms with van der Waals surface area (Å²) >= 11 is 0. The number of benzene rings is 2. The minimum Gasteiger partial charge on any atom is -0.388 e. The number of nitrogens with zero attached hydrogens (tertiary/aromatic N) is 8. The summed E-state index contributed by atoms with van der Waals surface area (Å²) in [4.78, 5) is 76.0. The van der Waals surface area contributed by atoms with Gasteiger partial charge in [0.1, 0.15) is 17.5 Å². The minimum absolute atomic E-state index is 0.0308. The van der Waals surface area contributed by atoms with Crippen LogP contribution in [0.1, 0.15) is 110 Å². The lowest BCUT2D eigenvalue weighted by Gasteiger charge is -2.41. The molecule has 6 aromatic rings. The van der Waals surface area contributed by atoms with Crippen LogP contribution in [0.2, 0.25) is 0 Å². The molecular formula is C55H65FN10O5. The second-order valence-electron chi connectivity index (χ2n) is 20.5. The van der Waals surface area contributed by atoms with Crippen LogP contribution in [0, 0.1) is 24.6 Å². The predicted octanol–water partition coefficient (Wildman–Crippen LogP) is 7.24. The Morgan fingerprint density at radius 3 is 2.34 bits per heavy atom. The van der Waals surface area contributed by atoms with Crippen molar-refractivity contribution in [3.05, 3.63) is 128 Å². The van der Waals surface area contributed by atoms with Gasteiger partial charge in [0.2, 0.25) is 11.8 Å². The first kappa shape index (κ1) is 48.0. The zero-order valence-electron chi connectivity index (χ0n) is 41.7. The first-order chi connectivity index (χ1) is 34.2. The molecule has 71 heavy (non-hydrogen) atoms. The minimum atomic E-state index is -0.700. The number of amides is 3. The summed E-state index contributed by atoms with van der Waals surface area (Å²) in [6, 6.07) is 16.2. The van der Waals surface area contributed by atoms with Gasteiger partial charge in [-0.1, -0.05) is 12.1 Å². The number of fused-ring (bicyclic) bond motifs is 2. The van der Waals surface area contributed by atoms with Crippen LogP contribution in [-0.4, -0.2) is 102 Å². The molecule has 10 rings (SSSR count). The zero-order chi connectivity index (χ0) is 49.8. The van der Waals surface area contributed by atoms with Crippen LogP contribution >= 0.6 is 0 Å². The molecule has 2 aromatic carbocycles. The molecule has 7 heterocycles. The van der Waals surface area contributed by atoms with Crippen molar-refractivity contribution in [1.29, 1.82) is 0 Å². The summed E-state index contributed by atoms with van der Waals surface area (Å²) in [6.45, 7) is 8.22. The Balaban J connectivity index is 0.721. The quantitative estimate of drug-likeness (QED) is 0.128. The maximum absolute atomic E-state index is 16.2. The monoisotopic (exact) mass is 965 g/mol. The summed E-state index contributed by atoms with van der Waals surface area (Å²) in [7, 11) is 7.40. The number of piperidine rings is 2. The molecule has 3 fully saturated rings.